The van der Waals surface area contributed by atoms with Gasteiger partial charge in [0, 0.05) is 6.26 Å². The highest BCUT2D eigenvalue weighted by molar-refractivity contribution is 7.92. The van der Waals surface area contributed by atoms with Gasteiger partial charge in [0.15, 0.2) is 14.6 Å². The minimum atomic E-state index is -3.60. The van der Waals surface area contributed by atoms with Crippen LogP contribution < -0.4 is 0 Å². The molecule has 0 aliphatic heterocycles. The number of nitrogens with zero attached hydrogens (tertiary/aromatic N) is 1. The van der Waals surface area contributed by atoms with Crippen molar-refractivity contribution in [3.63, 3.8) is 0 Å². The zero-order valence-electron chi connectivity index (χ0n) is 6.75. The standard InChI is InChI=1S/C7H10FNO2S/c1-12(10,11)7(4-8,5-9)6-2-3-6/h6H,2-4H2,1H3. The third-order valence-electron chi connectivity index (χ3n) is 2.29. The van der Waals surface area contributed by atoms with E-state index >= 15 is 0 Å². The van der Waals surface area contributed by atoms with Gasteiger partial charge in [-0.15, -0.1) is 0 Å². The van der Waals surface area contributed by atoms with E-state index in [2.05, 4.69) is 0 Å². The average molecular weight is 191 g/mol. The van der Waals surface area contributed by atoms with Crippen LogP contribution in [0.5, 0.6) is 0 Å². The Bertz CT molecular complexity index is 315. The van der Waals surface area contributed by atoms with Gasteiger partial charge >= 0.3 is 0 Å². The fraction of sp³-hybridized carbons (Fsp3) is 0.857. The van der Waals surface area contributed by atoms with E-state index in [9.17, 15) is 12.8 Å². The first-order chi connectivity index (χ1) is 5.48. The van der Waals surface area contributed by atoms with Gasteiger partial charge in [0.25, 0.3) is 0 Å². The predicted octanol–water partition coefficient (Wildman–Crippen LogP) is 0.673. The van der Waals surface area contributed by atoms with Gasteiger partial charge in [-0.1, -0.05) is 0 Å². The fourth-order valence-corrected chi connectivity index (χ4v) is 2.47. The van der Waals surface area contributed by atoms with Crippen LogP contribution in [0.2, 0.25) is 0 Å². The lowest BCUT2D eigenvalue weighted by molar-refractivity contribution is 0.398. The molecule has 0 amide bonds. The number of rotatable bonds is 3. The third-order valence-corrected chi connectivity index (χ3v) is 4.14. The predicted molar refractivity (Wildman–Crippen MR) is 41.9 cm³/mol. The summed E-state index contributed by atoms with van der Waals surface area (Å²) in [7, 11) is -3.60. The molecule has 12 heavy (non-hydrogen) atoms. The van der Waals surface area contributed by atoms with Crippen molar-refractivity contribution in [3.8, 4) is 6.07 Å². The van der Waals surface area contributed by atoms with E-state index in [0.29, 0.717) is 12.8 Å². The Hall–Kier alpha value is -0.630. The fourth-order valence-electron chi connectivity index (χ4n) is 1.26. The number of hydrogen-bond donors (Lipinski definition) is 0. The maximum Gasteiger partial charge on any atom is 0.189 e. The SMILES string of the molecule is CS(=O)(=O)C(C#N)(CF)C1CC1. The second-order valence-electron chi connectivity index (χ2n) is 3.18. The number of sulfone groups is 1. The summed E-state index contributed by atoms with van der Waals surface area (Å²) in [6.07, 6.45) is 2.21. The third kappa shape index (κ3) is 1.20. The molecule has 68 valence electrons. The zero-order valence-corrected chi connectivity index (χ0v) is 7.57. The Balaban J connectivity index is 3.10. The molecular weight excluding hydrogens is 181 g/mol. The Morgan fingerprint density at radius 3 is 2.25 bits per heavy atom. The molecule has 0 aromatic heterocycles. The molecule has 1 aliphatic rings. The van der Waals surface area contributed by atoms with E-state index in [0.717, 1.165) is 6.26 Å². The molecule has 0 heterocycles. The molecule has 0 aromatic rings. The Morgan fingerprint density at radius 2 is 2.17 bits per heavy atom. The van der Waals surface area contributed by atoms with Gasteiger partial charge in [0.1, 0.15) is 6.67 Å². The highest BCUT2D eigenvalue weighted by atomic mass is 32.2. The molecule has 0 spiro atoms. The summed E-state index contributed by atoms with van der Waals surface area (Å²) in [6.45, 7) is -1.09. The lowest BCUT2D eigenvalue weighted by atomic mass is 10.1. The van der Waals surface area contributed by atoms with E-state index in [4.69, 9.17) is 5.26 Å². The topological polar surface area (TPSA) is 57.9 Å². The molecular formula is C7H10FNO2S. The molecule has 0 N–H and O–H groups in total. The first-order valence-electron chi connectivity index (χ1n) is 3.65. The Kier molecular flexibility index (Phi) is 2.13. The number of hydrogen-bond acceptors (Lipinski definition) is 3. The smallest absolute Gasteiger partial charge is 0.189 e. The lowest BCUT2D eigenvalue weighted by Crippen LogP contribution is -2.41. The molecule has 1 rings (SSSR count). The van der Waals surface area contributed by atoms with Crippen molar-refractivity contribution in [2.45, 2.75) is 17.6 Å². The molecule has 5 heteroatoms. The summed E-state index contributed by atoms with van der Waals surface area (Å²) in [4.78, 5) is 0. The Labute approximate surface area is 71.1 Å². The molecule has 0 saturated heterocycles. The van der Waals surface area contributed by atoms with Crippen LogP contribution in [0.25, 0.3) is 0 Å². The normalized spacial score (nSPS) is 22.8. The second kappa shape index (κ2) is 2.70. The van der Waals surface area contributed by atoms with Crippen molar-refractivity contribution in [3.05, 3.63) is 0 Å². The van der Waals surface area contributed by atoms with Crippen molar-refractivity contribution in [1.82, 2.24) is 0 Å². The molecule has 1 saturated carbocycles. The van der Waals surface area contributed by atoms with Crippen LogP contribution in [0.1, 0.15) is 12.8 Å². The summed E-state index contributed by atoms with van der Waals surface area (Å²) >= 11 is 0. The molecule has 1 fully saturated rings. The van der Waals surface area contributed by atoms with Gasteiger partial charge in [-0.3, -0.25) is 0 Å². The van der Waals surface area contributed by atoms with Crippen LogP contribution in [-0.4, -0.2) is 26.1 Å². The zero-order chi connectivity index (χ0) is 9.41. The summed E-state index contributed by atoms with van der Waals surface area (Å²) in [5, 5.41) is 8.65. The van der Waals surface area contributed by atoms with Crippen LogP contribution in [0, 0.1) is 17.2 Å². The summed E-state index contributed by atoms with van der Waals surface area (Å²) in [5.74, 6) is -0.289. The van der Waals surface area contributed by atoms with Gasteiger partial charge in [0.2, 0.25) is 0 Å². The quantitative estimate of drug-likeness (QED) is 0.658. The van der Waals surface area contributed by atoms with Crippen LogP contribution in [0.15, 0.2) is 0 Å². The molecule has 0 radical (unpaired) electrons. The highest BCUT2D eigenvalue weighted by Crippen LogP contribution is 2.44. The molecule has 0 aromatic carbocycles. The van der Waals surface area contributed by atoms with Crippen molar-refractivity contribution >= 4 is 9.84 Å². The van der Waals surface area contributed by atoms with Crippen LogP contribution in [0.4, 0.5) is 4.39 Å². The van der Waals surface area contributed by atoms with Crippen molar-refractivity contribution in [2.24, 2.45) is 5.92 Å². The van der Waals surface area contributed by atoms with E-state index in [1.807, 2.05) is 0 Å². The summed E-state index contributed by atoms with van der Waals surface area (Å²) < 4.78 is 33.0. The van der Waals surface area contributed by atoms with Crippen molar-refractivity contribution < 1.29 is 12.8 Å². The minimum absolute atomic E-state index is 0.289. The highest BCUT2D eigenvalue weighted by Gasteiger charge is 2.53. The summed E-state index contributed by atoms with van der Waals surface area (Å²) in [6, 6.07) is 1.60. The molecule has 1 atom stereocenters. The van der Waals surface area contributed by atoms with Gasteiger partial charge in [0.05, 0.1) is 6.07 Å². The molecule has 3 nitrogen and oxygen atoms in total. The van der Waals surface area contributed by atoms with Crippen LogP contribution in [0.3, 0.4) is 0 Å². The number of alkyl halides is 1. The van der Waals surface area contributed by atoms with E-state index in [1.54, 1.807) is 6.07 Å². The van der Waals surface area contributed by atoms with Crippen molar-refractivity contribution in [2.75, 3.05) is 12.9 Å². The van der Waals surface area contributed by atoms with E-state index in [-0.39, 0.29) is 5.92 Å². The Morgan fingerprint density at radius 1 is 1.67 bits per heavy atom. The van der Waals surface area contributed by atoms with Gasteiger partial charge < -0.3 is 0 Å². The maximum atomic E-state index is 12.5. The maximum absolute atomic E-state index is 12.5. The monoisotopic (exact) mass is 191 g/mol. The first kappa shape index (κ1) is 9.46. The lowest BCUT2D eigenvalue weighted by Gasteiger charge is -2.19. The van der Waals surface area contributed by atoms with Crippen molar-refractivity contribution in [1.29, 1.82) is 5.26 Å². The molecule has 0 bridgehead atoms. The van der Waals surface area contributed by atoms with Crippen LogP contribution >= 0.6 is 0 Å². The van der Waals surface area contributed by atoms with E-state index in [1.165, 1.54) is 0 Å². The first-order valence-corrected chi connectivity index (χ1v) is 5.54. The van der Waals surface area contributed by atoms with Gasteiger partial charge in [-0.25, -0.2) is 12.8 Å². The molecule has 1 unspecified atom stereocenters. The number of nitriles is 1. The minimum Gasteiger partial charge on any atom is -0.248 e. The molecule has 1 aliphatic carbocycles. The summed E-state index contributed by atoms with van der Waals surface area (Å²) in [5.41, 5.74) is 0. The van der Waals surface area contributed by atoms with Gasteiger partial charge in [-0.2, -0.15) is 5.26 Å². The largest absolute Gasteiger partial charge is 0.248 e. The second-order valence-corrected chi connectivity index (χ2v) is 5.45. The number of halogens is 1. The van der Waals surface area contributed by atoms with E-state index < -0.39 is 21.3 Å². The van der Waals surface area contributed by atoms with Gasteiger partial charge in [-0.05, 0) is 18.8 Å². The average Bonchev–Trinajstić information content (AvgIpc) is 2.72. The van der Waals surface area contributed by atoms with Crippen LogP contribution in [-0.2, 0) is 9.84 Å².